The zero-order valence-corrected chi connectivity index (χ0v) is 17.1. The van der Waals surface area contributed by atoms with Gasteiger partial charge in [-0.05, 0) is 48.7 Å². The molecule has 1 aromatic heterocycles. The molecule has 2 aromatic carbocycles. The highest BCUT2D eigenvalue weighted by atomic mass is 35.5. The Bertz CT molecular complexity index is 1050. The molecule has 0 radical (unpaired) electrons. The second kappa shape index (κ2) is 8.21. The SMILES string of the molecule is CC(C)c1nc(C(=O)N2CCCc3c(N)cccc32)nn1-c1cccc(F)c1.Cl. The Hall–Kier alpha value is -2.93. The minimum absolute atomic E-state index is 0. The van der Waals surface area contributed by atoms with E-state index in [1.807, 2.05) is 32.0 Å². The predicted molar refractivity (Wildman–Crippen MR) is 114 cm³/mol. The van der Waals surface area contributed by atoms with Gasteiger partial charge in [-0.15, -0.1) is 17.5 Å². The number of nitrogens with zero attached hydrogens (tertiary/aromatic N) is 4. The molecule has 29 heavy (non-hydrogen) atoms. The summed E-state index contributed by atoms with van der Waals surface area (Å²) in [5, 5.41) is 4.43. The van der Waals surface area contributed by atoms with E-state index in [4.69, 9.17) is 5.73 Å². The summed E-state index contributed by atoms with van der Waals surface area (Å²) < 4.78 is 15.2. The minimum atomic E-state index is -0.365. The van der Waals surface area contributed by atoms with Gasteiger partial charge in [0.05, 0.1) is 5.69 Å². The number of hydrogen-bond donors (Lipinski definition) is 1. The maximum Gasteiger partial charge on any atom is 0.297 e. The third-order valence-electron chi connectivity index (χ3n) is 4.92. The average Bonchev–Trinajstić information content (AvgIpc) is 3.13. The Kier molecular flexibility index (Phi) is 5.88. The average molecular weight is 416 g/mol. The number of anilines is 2. The fourth-order valence-corrected chi connectivity index (χ4v) is 3.57. The van der Waals surface area contributed by atoms with E-state index in [0.29, 0.717) is 23.7 Å². The smallest absolute Gasteiger partial charge is 0.297 e. The van der Waals surface area contributed by atoms with Crippen LogP contribution in [0.3, 0.4) is 0 Å². The molecule has 6 nitrogen and oxygen atoms in total. The number of benzene rings is 2. The molecule has 1 aliphatic rings. The highest BCUT2D eigenvalue weighted by Crippen LogP contribution is 2.32. The molecule has 0 spiro atoms. The lowest BCUT2D eigenvalue weighted by molar-refractivity contribution is 0.0975. The highest BCUT2D eigenvalue weighted by molar-refractivity contribution is 6.04. The van der Waals surface area contributed by atoms with Gasteiger partial charge in [0, 0.05) is 23.8 Å². The van der Waals surface area contributed by atoms with Gasteiger partial charge < -0.3 is 10.6 Å². The van der Waals surface area contributed by atoms with E-state index in [2.05, 4.69) is 10.1 Å². The van der Waals surface area contributed by atoms with Gasteiger partial charge in [0.2, 0.25) is 5.82 Å². The first-order valence-corrected chi connectivity index (χ1v) is 9.38. The van der Waals surface area contributed by atoms with E-state index < -0.39 is 0 Å². The van der Waals surface area contributed by atoms with Crippen molar-refractivity contribution < 1.29 is 9.18 Å². The molecule has 152 valence electrons. The summed E-state index contributed by atoms with van der Waals surface area (Å²) in [5.74, 6) is 0.0863. The molecular formula is C21H23ClFN5O. The van der Waals surface area contributed by atoms with E-state index >= 15 is 0 Å². The number of rotatable bonds is 3. The van der Waals surface area contributed by atoms with E-state index in [1.54, 1.807) is 21.7 Å². The van der Waals surface area contributed by atoms with E-state index in [0.717, 1.165) is 24.1 Å². The number of hydrogen-bond acceptors (Lipinski definition) is 4. The molecule has 0 bridgehead atoms. The molecule has 8 heteroatoms. The Morgan fingerprint density at radius 2 is 1.97 bits per heavy atom. The molecule has 0 saturated heterocycles. The third kappa shape index (κ3) is 3.82. The van der Waals surface area contributed by atoms with Crippen LogP contribution in [0.4, 0.5) is 15.8 Å². The van der Waals surface area contributed by atoms with Gasteiger partial charge in [0.1, 0.15) is 11.6 Å². The molecule has 0 atom stereocenters. The van der Waals surface area contributed by atoms with Crippen molar-refractivity contribution in [2.24, 2.45) is 0 Å². The van der Waals surface area contributed by atoms with Crippen LogP contribution < -0.4 is 10.6 Å². The van der Waals surface area contributed by atoms with Crippen LogP contribution in [-0.2, 0) is 6.42 Å². The number of carbonyl (C=O) groups excluding carboxylic acids is 1. The summed E-state index contributed by atoms with van der Waals surface area (Å²) in [5.41, 5.74) is 9.11. The van der Waals surface area contributed by atoms with Crippen molar-refractivity contribution in [1.29, 1.82) is 0 Å². The van der Waals surface area contributed by atoms with E-state index in [9.17, 15) is 9.18 Å². The summed E-state index contributed by atoms with van der Waals surface area (Å²) in [6.45, 7) is 4.51. The number of fused-ring (bicyclic) bond motifs is 1. The molecule has 0 saturated carbocycles. The number of carbonyl (C=O) groups is 1. The van der Waals surface area contributed by atoms with Gasteiger partial charge >= 0.3 is 0 Å². The molecule has 0 fully saturated rings. The first-order chi connectivity index (χ1) is 13.5. The van der Waals surface area contributed by atoms with Crippen molar-refractivity contribution in [2.45, 2.75) is 32.6 Å². The molecule has 1 amide bonds. The largest absolute Gasteiger partial charge is 0.398 e. The van der Waals surface area contributed by atoms with Crippen molar-refractivity contribution in [1.82, 2.24) is 14.8 Å². The number of nitrogens with two attached hydrogens (primary N) is 1. The van der Waals surface area contributed by atoms with E-state index in [1.165, 1.54) is 12.1 Å². The molecule has 0 aliphatic carbocycles. The fourth-order valence-electron chi connectivity index (χ4n) is 3.57. The summed E-state index contributed by atoms with van der Waals surface area (Å²) >= 11 is 0. The third-order valence-corrected chi connectivity index (χ3v) is 4.92. The predicted octanol–water partition coefficient (Wildman–Crippen LogP) is 4.13. The minimum Gasteiger partial charge on any atom is -0.398 e. The number of amides is 1. The Labute approximate surface area is 175 Å². The monoisotopic (exact) mass is 415 g/mol. The Balaban J connectivity index is 0.00000240. The van der Waals surface area contributed by atoms with Crippen molar-refractivity contribution in [3.8, 4) is 5.69 Å². The van der Waals surface area contributed by atoms with Crippen LogP contribution in [0.5, 0.6) is 0 Å². The lowest BCUT2D eigenvalue weighted by Gasteiger charge is -2.29. The molecule has 3 aromatic rings. The maximum absolute atomic E-state index is 13.7. The van der Waals surface area contributed by atoms with Crippen molar-refractivity contribution in [3.63, 3.8) is 0 Å². The number of nitrogen functional groups attached to an aromatic ring is 1. The first-order valence-electron chi connectivity index (χ1n) is 9.38. The molecule has 2 heterocycles. The summed E-state index contributed by atoms with van der Waals surface area (Å²) in [6.07, 6.45) is 1.67. The van der Waals surface area contributed by atoms with Gasteiger partial charge in [-0.1, -0.05) is 26.0 Å². The molecular weight excluding hydrogens is 393 g/mol. The number of aromatic nitrogens is 3. The maximum atomic E-state index is 13.7. The Morgan fingerprint density at radius 3 is 2.69 bits per heavy atom. The van der Waals surface area contributed by atoms with Crippen LogP contribution in [0.25, 0.3) is 5.69 Å². The van der Waals surface area contributed by atoms with Crippen LogP contribution in [-0.4, -0.2) is 27.2 Å². The second-order valence-corrected chi connectivity index (χ2v) is 7.25. The first kappa shape index (κ1) is 20.8. The molecule has 1 aliphatic heterocycles. The molecule has 4 rings (SSSR count). The van der Waals surface area contributed by atoms with E-state index in [-0.39, 0.29) is 35.9 Å². The number of halogens is 2. The van der Waals surface area contributed by atoms with Gasteiger partial charge in [-0.2, -0.15) is 0 Å². The molecule has 2 N–H and O–H groups in total. The summed E-state index contributed by atoms with van der Waals surface area (Å²) in [6, 6.07) is 11.7. The lowest BCUT2D eigenvalue weighted by atomic mass is 10.00. The zero-order chi connectivity index (χ0) is 19.8. The molecule has 0 unspecified atom stereocenters. The normalized spacial score (nSPS) is 13.2. The summed E-state index contributed by atoms with van der Waals surface area (Å²) in [7, 11) is 0. The topological polar surface area (TPSA) is 77.0 Å². The Morgan fingerprint density at radius 1 is 1.21 bits per heavy atom. The highest BCUT2D eigenvalue weighted by Gasteiger charge is 2.28. The van der Waals surface area contributed by atoms with Crippen molar-refractivity contribution in [2.75, 3.05) is 17.2 Å². The lowest BCUT2D eigenvalue weighted by Crippen LogP contribution is -2.36. The van der Waals surface area contributed by atoms with Crippen molar-refractivity contribution in [3.05, 3.63) is 65.5 Å². The fraction of sp³-hybridized carbons (Fsp3) is 0.286. The van der Waals surface area contributed by atoms with Gasteiger partial charge in [-0.3, -0.25) is 4.79 Å². The van der Waals surface area contributed by atoms with Gasteiger partial charge in [0.25, 0.3) is 5.91 Å². The summed E-state index contributed by atoms with van der Waals surface area (Å²) in [4.78, 5) is 19.4. The van der Waals surface area contributed by atoms with Crippen LogP contribution in [0.1, 0.15) is 48.2 Å². The van der Waals surface area contributed by atoms with Gasteiger partial charge in [-0.25, -0.2) is 14.1 Å². The van der Waals surface area contributed by atoms with Crippen LogP contribution >= 0.6 is 12.4 Å². The van der Waals surface area contributed by atoms with Crippen molar-refractivity contribution >= 4 is 29.7 Å². The quantitative estimate of drug-likeness (QED) is 0.652. The zero-order valence-electron chi connectivity index (χ0n) is 16.3. The van der Waals surface area contributed by atoms with Crippen LogP contribution in [0.2, 0.25) is 0 Å². The van der Waals surface area contributed by atoms with Crippen LogP contribution in [0, 0.1) is 5.82 Å². The van der Waals surface area contributed by atoms with Crippen LogP contribution in [0.15, 0.2) is 42.5 Å². The second-order valence-electron chi connectivity index (χ2n) is 7.25. The van der Waals surface area contributed by atoms with Gasteiger partial charge in [0.15, 0.2) is 0 Å². The standard InChI is InChI=1S/C21H22FN5O.ClH/c1-13(2)20-24-19(25-27(20)15-7-3-6-14(22)12-15)21(28)26-11-5-8-16-17(23)9-4-10-18(16)26;/h3-4,6-7,9-10,12-13H,5,8,11,23H2,1-2H3;1H.